The van der Waals surface area contributed by atoms with Crippen LogP contribution in [-0.2, 0) is 11.3 Å². The molecule has 24 heavy (non-hydrogen) atoms. The van der Waals surface area contributed by atoms with E-state index in [9.17, 15) is 4.79 Å². The van der Waals surface area contributed by atoms with Crippen LogP contribution in [0.3, 0.4) is 0 Å². The lowest BCUT2D eigenvalue weighted by atomic mass is 10.2. The van der Waals surface area contributed by atoms with E-state index in [1.807, 2.05) is 28.7 Å². The van der Waals surface area contributed by atoms with Gasteiger partial charge in [-0.25, -0.2) is 0 Å². The molecular formula is C17H22N4O2S. The Morgan fingerprint density at radius 3 is 2.79 bits per heavy atom. The molecule has 0 aliphatic heterocycles. The second-order valence-corrected chi connectivity index (χ2v) is 7.13. The number of nitrogens with zero attached hydrogens (tertiary/aromatic N) is 4. The van der Waals surface area contributed by atoms with Crippen LogP contribution in [0.15, 0.2) is 34.2 Å². The maximum Gasteiger partial charge on any atom is 0.262 e. The maximum absolute atomic E-state index is 12.8. The summed E-state index contributed by atoms with van der Waals surface area (Å²) >= 11 is 1.67. The van der Waals surface area contributed by atoms with E-state index in [0.717, 1.165) is 22.8 Å². The van der Waals surface area contributed by atoms with E-state index >= 15 is 0 Å². The van der Waals surface area contributed by atoms with Crippen LogP contribution in [0.1, 0.15) is 20.3 Å². The fourth-order valence-electron chi connectivity index (χ4n) is 2.64. The van der Waals surface area contributed by atoms with Crippen molar-refractivity contribution >= 4 is 28.4 Å². The molecular weight excluding hydrogens is 324 g/mol. The molecule has 1 aromatic carbocycles. The number of benzene rings is 1. The molecule has 0 aliphatic carbocycles. The third kappa shape index (κ3) is 3.18. The Morgan fingerprint density at radius 1 is 1.25 bits per heavy atom. The Bertz CT molecular complexity index is 901. The van der Waals surface area contributed by atoms with E-state index in [4.69, 9.17) is 4.74 Å². The highest BCUT2D eigenvalue weighted by Gasteiger charge is 2.16. The van der Waals surface area contributed by atoms with Gasteiger partial charge in [0.15, 0.2) is 5.16 Å². The normalized spacial score (nSPS) is 11.8. The quantitative estimate of drug-likeness (QED) is 0.486. The number of hydrogen-bond donors (Lipinski definition) is 0. The van der Waals surface area contributed by atoms with Crippen molar-refractivity contribution in [2.45, 2.75) is 32.0 Å². The minimum Gasteiger partial charge on any atom is -0.385 e. The Hall–Kier alpha value is -1.86. The fraction of sp³-hybridized carbons (Fsp3) is 0.471. The average Bonchev–Trinajstić information content (AvgIpc) is 3.00. The summed E-state index contributed by atoms with van der Waals surface area (Å²) in [7, 11) is 1.66. The summed E-state index contributed by atoms with van der Waals surface area (Å²) < 4.78 is 8.81. The first kappa shape index (κ1) is 17.0. The monoisotopic (exact) mass is 346 g/mol. The number of ether oxygens (including phenoxy) is 1. The van der Waals surface area contributed by atoms with Crippen LogP contribution >= 0.6 is 11.8 Å². The first-order chi connectivity index (χ1) is 11.6. The van der Waals surface area contributed by atoms with Gasteiger partial charge in [0.1, 0.15) is 0 Å². The van der Waals surface area contributed by atoms with E-state index in [-0.39, 0.29) is 5.56 Å². The molecule has 128 valence electrons. The summed E-state index contributed by atoms with van der Waals surface area (Å²) in [5, 5.41) is 10.2. The third-order valence-electron chi connectivity index (χ3n) is 3.75. The van der Waals surface area contributed by atoms with Gasteiger partial charge in [-0.05, 0) is 24.5 Å². The van der Waals surface area contributed by atoms with Crippen molar-refractivity contribution in [3.8, 4) is 0 Å². The lowest BCUT2D eigenvalue weighted by Gasteiger charge is -2.11. The van der Waals surface area contributed by atoms with Crippen LogP contribution in [0.2, 0.25) is 0 Å². The van der Waals surface area contributed by atoms with Crippen LogP contribution in [0, 0.1) is 5.92 Å². The van der Waals surface area contributed by atoms with Crippen molar-refractivity contribution in [3.05, 3.63) is 34.6 Å². The first-order valence-corrected chi connectivity index (χ1v) is 9.10. The van der Waals surface area contributed by atoms with E-state index in [2.05, 4.69) is 24.0 Å². The predicted molar refractivity (Wildman–Crippen MR) is 96.8 cm³/mol. The van der Waals surface area contributed by atoms with Crippen LogP contribution in [0.4, 0.5) is 0 Å². The number of rotatable bonds is 7. The van der Waals surface area contributed by atoms with Gasteiger partial charge in [0.05, 0.1) is 10.9 Å². The SMILES string of the molecule is COCCCn1c(=O)c2ccccc2n2c(SCC(C)C)nnc12. The van der Waals surface area contributed by atoms with Crippen molar-refractivity contribution < 1.29 is 4.74 Å². The van der Waals surface area contributed by atoms with Gasteiger partial charge in [-0.3, -0.25) is 13.8 Å². The second-order valence-electron chi connectivity index (χ2n) is 6.14. The fourth-order valence-corrected chi connectivity index (χ4v) is 3.53. The zero-order valence-electron chi connectivity index (χ0n) is 14.2. The summed E-state index contributed by atoms with van der Waals surface area (Å²) in [6.45, 7) is 5.52. The largest absolute Gasteiger partial charge is 0.385 e. The molecule has 6 nitrogen and oxygen atoms in total. The maximum atomic E-state index is 12.8. The van der Waals surface area contributed by atoms with Gasteiger partial charge in [-0.15, -0.1) is 10.2 Å². The third-order valence-corrected chi connectivity index (χ3v) is 5.11. The molecule has 0 atom stereocenters. The molecule has 0 aliphatic rings. The van der Waals surface area contributed by atoms with Gasteiger partial charge < -0.3 is 4.74 Å². The number of para-hydroxylation sites is 1. The minimum atomic E-state index is -0.0259. The van der Waals surface area contributed by atoms with E-state index in [0.29, 0.717) is 30.2 Å². The average molecular weight is 346 g/mol. The predicted octanol–water partition coefficient (Wildman–Crippen LogP) is 2.83. The van der Waals surface area contributed by atoms with Gasteiger partial charge >= 0.3 is 0 Å². The molecule has 0 N–H and O–H groups in total. The molecule has 0 unspecified atom stereocenters. The number of aryl methyl sites for hydroxylation is 1. The highest BCUT2D eigenvalue weighted by atomic mass is 32.2. The Kier molecular flexibility index (Phi) is 5.20. The van der Waals surface area contributed by atoms with Crippen molar-refractivity contribution in [1.29, 1.82) is 0 Å². The molecule has 0 saturated carbocycles. The van der Waals surface area contributed by atoms with E-state index in [1.165, 1.54) is 0 Å². The Morgan fingerprint density at radius 2 is 2.04 bits per heavy atom. The highest BCUT2D eigenvalue weighted by molar-refractivity contribution is 7.99. The molecule has 2 aromatic heterocycles. The number of hydrogen-bond acceptors (Lipinski definition) is 5. The van der Waals surface area contributed by atoms with Gasteiger partial charge in [-0.2, -0.15) is 0 Å². The molecule has 2 heterocycles. The number of aromatic nitrogens is 4. The molecule has 0 fully saturated rings. The van der Waals surface area contributed by atoms with Crippen LogP contribution < -0.4 is 5.56 Å². The molecule has 0 radical (unpaired) electrons. The number of methoxy groups -OCH3 is 1. The number of fused-ring (bicyclic) bond motifs is 3. The lowest BCUT2D eigenvalue weighted by molar-refractivity contribution is 0.190. The van der Waals surface area contributed by atoms with E-state index < -0.39 is 0 Å². The Labute approximate surface area is 144 Å². The van der Waals surface area contributed by atoms with Crippen molar-refractivity contribution in [2.24, 2.45) is 5.92 Å². The summed E-state index contributed by atoms with van der Waals surface area (Å²) in [5.41, 5.74) is 0.832. The summed E-state index contributed by atoms with van der Waals surface area (Å²) in [6.07, 6.45) is 0.756. The summed E-state index contributed by atoms with van der Waals surface area (Å²) in [4.78, 5) is 12.8. The van der Waals surface area contributed by atoms with Gasteiger partial charge in [0, 0.05) is 26.0 Å². The molecule has 7 heteroatoms. The van der Waals surface area contributed by atoms with Crippen molar-refractivity contribution in [1.82, 2.24) is 19.2 Å². The molecule has 3 aromatic rings. The van der Waals surface area contributed by atoms with Crippen LogP contribution in [-0.4, -0.2) is 38.6 Å². The molecule has 0 spiro atoms. The highest BCUT2D eigenvalue weighted by Crippen LogP contribution is 2.23. The van der Waals surface area contributed by atoms with Crippen LogP contribution in [0.25, 0.3) is 16.7 Å². The van der Waals surface area contributed by atoms with E-state index in [1.54, 1.807) is 23.4 Å². The second kappa shape index (κ2) is 7.36. The van der Waals surface area contributed by atoms with Gasteiger partial charge in [0.25, 0.3) is 5.56 Å². The zero-order chi connectivity index (χ0) is 17.1. The molecule has 0 bridgehead atoms. The standard InChI is InChI=1S/C17H22N4O2S/c1-12(2)11-24-17-19-18-16-20(9-6-10-23-3)15(22)13-7-4-5-8-14(13)21(16)17/h4-5,7-8,12H,6,9-11H2,1-3H3. The van der Waals surface area contributed by atoms with Gasteiger partial charge in [-0.1, -0.05) is 37.7 Å². The van der Waals surface area contributed by atoms with Crippen LogP contribution in [0.5, 0.6) is 0 Å². The topological polar surface area (TPSA) is 61.4 Å². The summed E-state index contributed by atoms with van der Waals surface area (Å²) in [5.74, 6) is 2.11. The minimum absolute atomic E-state index is 0.0259. The van der Waals surface area contributed by atoms with Gasteiger partial charge in [0.2, 0.25) is 5.78 Å². The molecule has 0 saturated heterocycles. The smallest absolute Gasteiger partial charge is 0.262 e. The number of thioether (sulfide) groups is 1. The molecule has 0 amide bonds. The zero-order valence-corrected chi connectivity index (χ0v) is 15.0. The summed E-state index contributed by atoms with van der Waals surface area (Å²) in [6, 6.07) is 7.64. The Balaban J connectivity index is 2.18. The van der Waals surface area contributed by atoms with Crippen molar-refractivity contribution in [3.63, 3.8) is 0 Å². The lowest BCUT2D eigenvalue weighted by Crippen LogP contribution is -2.24. The first-order valence-electron chi connectivity index (χ1n) is 8.12. The van der Waals surface area contributed by atoms with Crippen molar-refractivity contribution in [2.75, 3.05) is 19.5 Å². The molecule has 3 rings (SSSR count).